The largest absolute Gasteiger partial charge is 0.457 e. The maximum absolute atomic E-state index is 9.83. The van der Waals surface area contributed by atoms with Crippen molar-refractivity contribution in [3.63, 3.8) is 0 Å². The summed E-state index contributed by atoms with van der Waals surface area (Å²) in [6.45, 7) is 0. The molecule has 1 heterocycles. The molecule has 2 nitrogen and oxygen atoms in total. The molecule has 2 aliphatic rings. The zero-order valence-electron chi connectivity index (χ0n) is 15.0. The Bertz CT molecular complexity index is 1270. The van der Waals surface area contributed by atoms with E-state index in [0.717, 1.165) is 39.3 Å². The van der Waals surface area contributed by atoms with E-state index in [1.807, 2.05) is 42.5 Å². The highest BCUT2D eigenvalue weighted by molar-refractivity contribution is 5.91. The van der Waals surface area contributed by atoms with Gasteiger partial charge in [0.05, 0.1) is 17.0 Å². The smallest absolute Gasteiger partial charge is 0.132 e. The van der Waals surface area contributed by atoms with E-state index in [4.69, 9.17) is 4.74 Å². The molecule has 130 valence electrons. The monoisotopic (exact) mass is 357 g/mol. The van der Waals surface area contributed by atoms with Crippen molar-refractivity contribution in [2.75, 3.05) is 0 Å². The summed E-state index contributed by atoms with van der Waals surface area (Å²) in [6, 6.07) is 33.4. The molecule has 4 aromatic rings. The van der Waals surface area contributed by atoms with Crippen LogP contribution in [0.25, 0.3) is 11.1 Å². The summed E-state index contributed by atoms with van der Waals surface area (Å²) in [6.07, 6.45) is 0. The first-order valence-electron chi connectivity index (χ1n) is 9.36. The van der Waals surface area contributed by atoms with Gasteiger partial charge in [-0.25, -0.2) is 0 Å². The minimum atomic E-state index is -0.482. The van der Waals surface area contributed by atoms with Crippen LogP contribution in [0.5, 0.6) is 11.5 Å². The number of nitriles is 1. The highest BCUT2D eigenvalue weighted by atomic mass is 16.5. The summed E-state index contributed by atoms with van der Waals surface area (Å²) in [4.78, 5) is 0. The molecule has 6 rings (SSSR count). The lowest BCUT2D eigenvalue weighted by Crippen LogP contribution is -2.32. The van der Waals surface area contributed by atoms with Gasteiger partial charge in [0.2, 0.25) is 0 Å². The van der Waals surface area contributed by atoms with Gasteiger partial charge in [0.25, 0.3) is 0 Å². The summed E-state index contributed by atoms with van der Waals surface area (Å²) in [7, 11) is 0. The van der Waals surface area contributed by atoms with Crippen LogP contribution in [0.15, 0.2) is 91.0 Å². The van der Waals surface area contributed by atoms with Crippen molar-refractivity contribution < 1.29 is 4.74 Å². The molecule has 1 aliphatic carbocycles. The SMILES string of the molecule is N#Cc1cccc2c1-c1ccccc1C21c2ccccc2Oc2ccccc21. The standard InChI is InChI=1S/C26H15NO/c27-16-17-8-7-13-22-25(17)18-9-1-2-10-19(18)26(22)20-11-3-5-14-23(20)28-24-15-6-4-12-21(24)26/h1-15H. The second-order valence-electron chi connectivity index (χ2n) is 7.23. The number of hydrogen-bond donors (Lipinski definition) is 0. The van der Waals surface area contributed by atoms with Gasteiger partial charge in [0, 0.05) is 16.7 Å². The lowest BCUT2D eigenvalue weighted by molar-refractivity contribution is 0.436. The van der Waals surface area contributed by atoms with Gasteiger partial charge in [0.1, 0.15) is 11.5 Å². The third kappa shape index (κ3) is 1.67. The van der Waals surface area contributed by atoms with E-state index in [-0.39, 0.29) is 0 Å². The van der Waals surface area contributed by atoms with Crippen molar-refractivity contribution in [1.29, 1.82) is 5.26 Å². The minimum Gasteiger partial charge on any atom is -0.457 e. The molecule has 1 spiro atoms. The van der Waals surface area contributed by atoms with Gasteiger partial charge in [-0.05, 0) is 34.9 Å². The molecule has 0 saturated heterocycles. The Morgan fingerprint density at radius 2 is 1.18 bits per heavy atom. The number of benzene rings is 4. The van der Waals surface area contributed by atoms with Gasteiger partial charge in [-0.2, -0.15) is 5.26 Å². The molecule has 0 aromatic heterocycles. The number of rotatable bonds is 0. The number of para-hydroxylation sites is 2. The minimum absolute atomic E-state index is 0.482. The summed E-state index contributed by atoms with van der Waals surface area (Å²) >= 11 is 0. The Kier molecular flexibility index (Phi) is 2.91. The molecule has 0 unspecified atom stereocenters. The molecule has 2 heteroatoms. The fraction of sp³-hybridized carbons (Fsp3) is 0.0385. The van der Waals surface area contributed by atoms with Gasteiger partial charge < -0.3 is 4.74 Å². The first-order chi connectivity index (χ1) is 13.9. The fourth-order valence-electron chi connectivity index (χ4n) is 5.00. The van der Waals surface area contributed by atoms with Gasteiger partial charge in [-0.1, -0.05) is 72.8 Å². The first kappa shape index (κ1) is 15.2. The molecule has 28 heavy (non-hydrogen) atoms. The molecule has 0 bridgehead atoms. The average Bonchev–Trinajstić information content (AvgIpc) is 3.06. The van der Waals surface area contributed by atoms with Crippen molar-refractivity contribution >= 4 is 0 Å². The number of fused-ring (bicyclic) bond motifs is 9. The van der Waals surface area contributed by atoms with E-state index in [0.29, 0.717) is 5.56 Å². The highest BCUT2D eigenvalue weighted by Gasteiger charge is 2.51. The van der Waals surface area contributed by atoms with E-state index in [9.17, 15) is 5.26 Å². The van der Waals surface area contributed by atoms with Crippen LogP contribution in [-0.4, -0.2) is 0 Å². The maximum atomic E-state index is 9.83. The summed E-state index contributed by atoms with van der Waals surface area (Å²) in [5, 5.41) is 9.83. The van der Waals surface area contributed by atoms with Gasteiger partial charge in [-0.3, -0.25) is 0 Å². The van der Waals surface area contributed by atoms with E-state index in [1.165, 1.54) is 5.56 Å². The van der Waals surface area contributed by atoms with Crippen molar-refractivity contribution in [1.82, 2.24) is 0 Å². The summed E-state index contributed by atoms with van der Waals surface area (Å²) in [5.74, 6) is 1.73. The van der Waals surface area contributed by atoms with E-state index < -0.39 is 5.41 Å². The molecular formula is C26H15NO. The number of hydrogen-bond acceptors (Lipinski definition) is 2. The van der Waals surface area contributed by atoms with E-state index in [1.54, 1.807) is 0 Å². The highest BCUT2D eigenvalue weighted by Crippen LogP contribution is 2.62. The van der Waals surface area contributed by atoms with Crippen molar-refractivity contribution in [2.45, 2.75) is 5.41 Å². The number of nitrogens with zero attached hydrogens (tertiary/aromatic N) is 1. The predicted molar refractivity (Wildman–Crippen MR) is 109 cm³/mol. The van der Waals surface area contributed by atoms with Crippen LogP contribution in [0, 0.1) is 11.3 Å². The van der Waals surface area contributed by atoms with Crippen LogP contribution in [0.2, 0.25) is 0 Å². The zero-order chi connectivity index (χ0) is 18.7. The molecule has 0 radical (unpaired) electrons. The molecule has 0 saturated carbocycles. The Hall–Kier alpha value is -3.83. The third-order valence-corrected chi connectivity index (χ3v) is 5.99. The van der Waals surface area contributed by atoms with Crippen LogP contribution in [0.3, 0.4) is 0 Å². The first-order valence-corrected chi connectivity index (χ1v) is 9.36. The lowest BCUT2D eigenvalue weighted by Gasteiger charge is -2.39. The average molecular weight is 357 g/mol. The molecular weight excluding hydrogens is 342 g/mol. The molecule has 1 aliphatic heterocycles. The zero-order valence-corrected chi connectivity index (χ0v) is 15.0. The van der Waals surface area contributed by atoms with Crippen molar-refractivity contribution in [3.8, 4) is 28.7 Å². The van der Waals surface area contributed by atoms with Gasteiger partial charge >= 0.3 is 0 Å². The molecule has 0 N–H and O–H groups in total. The summed E-state index contributed by atoms with van der Waals surface area (Å²) in [5.41, 5.74) is 6.98. The molecule has 4 aromatic carbocycles. The van der Waals surface area contributed by atoms with Crippen LogP contribution < -0.4 is 4.74 Å². The van der Waals surface area contributed by atoms with Gasteiger partial charge in [-0.15, -0.1) is 0 Å². The Morgan fingerprint density at radius 3 is 1.86 bits per heavy atom. The Balaban J connectivity index is 1.88. The second-order valence-corrected chi connectivity index (χ2v) is 7.23. The maximum Gasteiger partial charge on any atom is 0.132 e. The molecule has 0 amide bonds. The second kappa shape index (κ2) is 5.34. The quantitative estimate of drug-likeness (QED) is 0.333. The lowest BCUT2D eigenvalue weighted by atomic mass is 9.66. The molecule has 0 fully saturated rings. The van der Waals surface area contributed by atoms with E-state index >= 15 is 0 Å². The number of ether oxygens (including phenoxy) is 1. The Labute approximate surface area is 163 Å². The van der Waals surface area contributed by atoms with Crippen molar-refractivity contribution in [3.05, 3.63) is 119 Å². The normalized spacial score (nSPS) is 14.2. The Morgan fingerprint density at radius 1 is 0.607 bits per heavy atom. The fourth-order valence-corrected chi connectivity index (χ4v) is 5.00. The van der Waals surface area contributed by atoms with E-state index in [2.05, 4.69) is 54.6 Å². The predicted octanol–water partition coefficient (Wildman–Crippen LogP) is 6.03. The van der Waals surface area contributed by atoms with Crippen LogP contribution in [0.4, 0.5) is 0 Å². The summed E-state index contributed by atoms with van der Waals surface area (Å²) < 4.78 is 6.29. The molecule has 0 atom stereocenters. The van der Waals surface area contributed by atoms with Crippen LogP contribution in [0.1, 0.15) is 27.8 Å². The third-order valence-electron chi connectivity index (χ3n) is 5.99. The van der Waals surface area contributed by atoms with Crippen LogP contribution in [-0.2, 0) is 5.41 Å². The topological polar surface area (TPSA) is 33.0 Å². The van der Waals surface area contributed by atoms with Crippen LogP contribution >= 0.6 is 0 Å². The van der Waals surface area contributed by atoms with Gasteiger partial charge in [0.15, 0.2) is 0 Å². The van der Waals surface area contributed by atoms with Crippen molar-refractivity contribution in [2.24, 2.45) is 0 Å².